The maximum atomic E-state index is 11.0. The first kappa shape index (κ1) is 15.6. The molecule has 0 aliphatic heterocycles. The monoisotopic (exact) mass is 244 g/mol. The highest BCUT2D eigenvalue weighted by Crippen LogP contribution is 1.99. The van der Waals surface area contributed by atoms with Crippen LogP contribution in [0.15, 0.2) is 12.2 Å². The third-order valence-electron chi connectivity index (χ3n) is 2.08. The zero-order valence-electron chi connectivity index (χ0n) is 9.99. The Morgan fingerprint density at radius 2 is 2.06 bits per heavy atom. The van der Waals surface area contributed by atoms with Gasteiger partial charge >= 0.3 is 5.97 Å². The molecule has 1 amide bonds. The van der Waals surface area contributed by atoms with E-state index in [1.165, 1.54) is 0 Å². The van der Waals surface area contributed by atoms with E-state index in [4.69, 9.17) is 5.73 Å². The molecule has 0 rings (SSSR count). The summed E-state index contributed by atoms with van der Waals surface area (Å²) in [6.45, 7) is 5.70. The van der Waals surface area contributed by atoms with Crippen molar-refractivity contribution in [2.45, 2.75) is 32.2 Å². The van der Waals surface area contributed by atoms with Gasteiger partial charge in [0.2, 0.25) is 0 Å². The molecule has 0 aliphatic carbocycles. The minimum atomic E-state index is -0.690. The summed E-state index contributed by atoms with van der Waals surface area (Å²) in [5.74, 6) is 3.83. The Morgan fingerprint density at radius 3 is 2.59 bits per heavy atom. The molecule has 17 heavy (non-hydrogen) atoms. The van der Waals surface area contributed by atoms with Crippen molar-refractivity contribution in [3.05, 3.63) is 12.2 Å². The number of hydrogen-bond acceptors (Lipinski definition) is 6. The topological polar surface area (TPSA) is 119 Å². The van der Waals surface area contributed by atoms with Gasteiger partial charge in [0.15, 0.2) is 0 Å². The van der Waals surface area contributed by atoms with E-state index in [1.54, 1.807) is 6.92 Å². The fourth-order valence-corrected chi connectivity index (χ4v) is 1.03. The van der Waals surface area contributed by atoms with Gasteiger partial charge in [-0.2, -0.15) is 5.90 Å². The lowest BCUT2D eigenvalue weighted by Gasteiger charge is -2.09. The van der Waals surface area contributed by atoms with Gasteiger partial charge in [0.25, 0.3) is 5.91 Å². The Labute approximate surface area is 100 Å². The van der Waals surface area contributed by atoms with Gasteiger partial charge in [0.1, 0.15) is 6.04 Å². The van der Waals surface area contributed by atoms with Gasteiger partial charge in [0, 0.05) is 12.1 Å². The second kappa shape index (κ2) is 8.68. The summed E-state index contributed by atoms with van der Waals surface area (Å²) < 4.78 is 0. The summed E-state index contributed by atoms with van der Waals surface area (Å²) in [4.78, 5) is 25.9. The lowest BCUT2D eigenvalue weighted by Crippen LogP contribution is -2.38. The molecule has 1 atom stereocenters. The van der Waals surface area contributed by atoms with E-state index in [9.17, 15) is 9.59 Å². The number of hydrogen-bond donors (Lipinski definition) is 4. The average Bonchev–Trinajstić information content (AvgIpc) is 2.31. The number of rotatable bonds is 8. The van der Waals surface area contributed by atoms with E-state index in [1.807, 2.05) is 0 Å². The molecule has 7 nitrogen and oxygen atoms in total. The predicted octanol–water partition coefficient (Wildman–Crippen LogP) is -0.902. The first-order valence-corrected chi connectivity index (χ1v) is 5.34. The van der Waals surface area contributed by atoms with Gasteiger partial charge in [-0.3, -0.25) is 10.2 Å². The fourth-order valence-electron chi connectivity index (χ4n) is 1.03. The van der Waals surface area contributed by atoms with Gasteiger partial charge in [0.05, 0.1) is 0 Å². The van der Waals surface area contributed by atoms with Gasteiger partial charge in [-0.1, -0.05) is 6.58 Å². The highest BCUT2D eigenvalue weighted by Gasteiger charge is 2.13. The van der Waals surface area contributed by atoms with E-state index in [2.05, 4.69) is 28.2 Å². The first-order valence-electron chi connectivity index (χ1n) is 5.34. The van der Waals surface area contributed by atoms with Crippen LogP contribution < -0.4 is 22.5 Å². The van der Waals surface area contributed by atoms with Crippen molar-refractivity contribution in [1.82, 2.24) is 10.9 Å². The normalized spacial score (nSPS) is 11.7. The Bertz CT molecular complexity index is 281. The number of amides is 1. The second-order valence-electron chi connectivity index (χ2n) is 3.70. The molecule has 6 N–H and O–H groups in total. The number of nitrogens with two attached hydrogens (primary N) is 2. The molecular formula is C10H20N4O3. The van der Waals surface area contributed by atoms with Crippen molar-refractivity contribution >= 4 is 11.9 Å². The Morgan fingerprint density at radius 1 is 1.41 bits per heavy atom. The Balaban J connectivity index is 3.44. The minimum absolute atomic E-state index is 0.242. The SMILES string of the molecule is C=C(C)C(=O)NNCCCCC(N)C(=O)ON. The van der Waals surface area contributed by atoms with Crippen LogP contribution in [0.5, 0.6) is 0 Å². The van der Waals surface area contributed by atoms with Crippen LogP contribution in [0.3, 0.4) is 0 Å². The molecule has 0 aromatic heterocycles. The zero-order valence-corrected chi connectivity index (χ0v) is 9.99. The summed E-state index contributed by atoms with van der Waals surface area (Å²) in [6, 6.07) is -0.690. The van der Waals surface area contributed by atoms with Crippen LogP contribution in [-0.2, 0) is 14.4 Å². The third kappa shape index (κ3) is 7.45. The number of carbonyl (C=O) groups is 2. The maximum absolute atomic E-state index is 11.0. The highest BCUT2D eigenvalue weighted by molar-refractivity contribution is 5.91. The van der Waals surface area contributed by atoms with Crippen LogP contribution in [0.2, 0.25) is 0 Å². The van der Waals surface area contributed by atoms with Crippen molar-refractivity contribution in [1.29, 1.82) is 0 Å². The van der Waals surface area contributed by atoms with Gasteiger partial charge in [-0.25, -0.2) is 10.2 Å². The Hall–Kier alpha value is -1.44. The molecule has 0 heterocycles. The highest BCUT2D eigenvalue weighted by atomic mass is 16.7. The fraction of sp³-hybridized carbons (Fsp3) is 0.600. The quantitative estimate of drug-likeness (QED) is 0.249. The standard InChI is InChI=1S/C10H20N4O3/c1-7(2)9(15)14-13-6-4-3-5-8(11)10(16)17-12/h8,13H,1,3-6,11-12H2,2H3,(H,14,15). The maximum Gasteiger partial charge on any atom is 0.341 e. The van der Waals surface area contributed by atoms with E-state index in [-0.39, 0.29) is 5.91 Å². The largest absolute Gasteiger partial charge is 0.372 e. The van der Waals surface area contributed by atoms with Gasteiger partial charge in [-0.05, 0) is 26.2 Å². The molecule has 0 radical (unpaired) electrons. The number of hydrazine groups is 1. The summed E-state index contributed by atoms with van der Waals surface area (Å²) in [5.41, 5.74) is 11.1. The summed E-state index contributed by atoms with van der Waals surface area (Å²) >= 11 is 0. The summed E-state index contributed by atoms with van der Waals surface area (Å²) in [5, 5.41) is 0. The molecule has 0 aromatic carbocycles. The van der Waals surface area contributed by atoms with E-state index >= 15 is 0 Å². The van der Waals surface area contributed by atoms with Crippen molar-refractivity contribution < 1.29 is 14.4 Å². The van der Waals surface area contributed by atoms with Gasteiger partial charge in [-0.15, -0.1) is 0 Å². The second-order valence-corrected chi connectivity index (χ2v) is 3.70. The van der Waals surface area contributed by atoms with Crippen LogP contribution in [0.25, 0.3) is 0 Å². The van der Waals surface area contributed by atoms with Crippen LogP contribution in [-0.4, -0.2) is 24.5 Å². The lowest BCUT2D eigenvalue weighted by molar-refractivity contribution is -0.145. The Kier molecular flexibility index (Phi) is 7.95. The van der Waals surface area contributed by atoms with Crippen molar-refractivity contribution in [3.8, 4) is 0 Å². The molecule has 0 bridgehead atoms. The van der Waals surface area contributed by atoms with Crippen LogP contribution in [0, 0.1) is 0 Å². The molecule has 98 valence electrons. The minimum Gasteiger partial charge on any atom is -0.372 e. The van der Waals surface area contributed by atoms with Crippen molar-refractivity contribution in [2.75, 3.05) is 6.54 Å². The molecular weight excluding hydrogens is 224 g/mol. The zero-order chi connectivity index (χ0) is 13.3. The van der Waals surface area contributed by atoms with E-state index in [0.717, 1.165) is 12.8 Å². The molecule has 7 heteroatoms. The smallest absolute Gasteiger partial charge is 0.341 e. The molecule has 0 aromatic rings. The first-order chi connectivity index (χ1) is 7.99. The van der Waals surface area contributed by atoms with Crippen LogP contribution in [0.4, 0.5) is 0 Å². The van der Waals surface area contributed by atoms with E-state index in [0.29, 0.717) is 18.5 Å². The third-order valence-corrected chi connectivity index (χ3v) is 2.08. The van der Waals surface area contributed by atoms with Crippen LogP contribution in [0.1, 0.15) is 26.2 Å². The number of nitrogens with one attached hydrogen (secondary N) is 2. The van der Waals surface area contributed by atoms with Crippen molar-refractivity contribution in [3.63, 3.8) is 0 Å². The van der Waals surface area contributed by atoms with E-state index < -0.39 is 12.0 Å². The van der Waals surface area contributed by atoms with Crippen LogP contribution >= 0.6 is 0 Å². The summed E-state index contributed by atoms with van der Waals surface area (Å²) in [7, 11) is 0. The molecule has 1 unspecified atom stereocenters. The molecule has 0 spiro atoms. The number of unbranched alkanes of at least 4 members (excludes halogenated alkanes) is 1. The molecule has 0 saturated heterocycles. The predicted molar refractivity (Wildman–Crippen MR) is 63.1 cm³/mol. The number of carbonyl (C=O) groups excluding carboxylic acids is 2. The van der Waals surface area contributed by atoms with Gasteiger partial charge < -0.3 is 10.6 Å². The molecule has 0 fully saturated rings. The lowest BCUT2D eigenvalue weighted by atomic mass is 10.1. The molecule has 0 aliphatic rings. The average molecular weight is 244 g/mol. The summed E-state index contributed by atoms with van der Waals surface area (Å²) in [6.07, 6.45) is 1.99. The molecule has 0 saturated carbocycles. The van der Waals surface area contributed by atoms with Crippen molar-refractivity contribution in [2.24, 2.45) is 11.6 Å².